The molecule has 0 spiro atoms. The fraction of sp³-hybridized carbons (Fsp3) is 0.100. The van der Waals surface area contributed by atoms with Crippen molar-refractivity contribution in [3.63, 3.8) is 0 Å². The number of para-hydroxylation sites is 6. The van der Waals surface area contributed by atoms with Crippen LogP contribution >= 0.6 is 0 Å². The van der Waals surface area contributed by atoms with Crippen LogP contribution < -0.4 is 19.3 Å². The van der Waals surface area contributed by atoms with Crippen molar-refractivity contribution in [3.05, 3.63) is 224 Å². The first-order valence-electron chi connectivity index (χ1n) is 23.2. The monoisotopic (exact) mass is 867 g/mol. The van der Waals surface area contributed by atoms with Gasteiger partial charge in [-0.15, -0.1) is 0 Å². The third-order valence-electron chi connectivity index (χ3n) is 13.5. The molecular formula is C60H45N5O2. The molecule has 13 rings (SSSR count). The summed E-state index contributed by atoms with van der Waals surface area (Å²) in [6.07, 6.45) is 23.8. The van der Waals surface area contributed by atoms with Gasteiger partial charge in [-0.05, 0) is 164 Å². The van der Waals surface area contributed by atoms with E-state index >= 15 is 0 Å². The zero-order valence-corrected chi connectivity index (χ0v) is 36.7. The van der Waals surface area contributed by atoms with Crippen LogP contribution in [0.25, 0.3) is 49.7 Å². The molecule has 0 radical (unpaired) electrons. The van der Waals surface area contributed by atoms with E-state index in [1.54, 1.807) is 0 Å². The molecule has 4 aliphatic rings. The lowest BCUT2D eigenvalue weighted by molar-refractivity contribution is 0.299. The Labute approximate surface area is 389 Å². The van der Waals surface area contributed by atoms with E-state index in [0.29, 0.717) is 5.92 Å². The Morgan fingerprint density at radius 2 is 1.15 bits per heavy atom. The highest BCUT2D eigenvalue weighted by molar-refractivity contribution is 6.11. The van der Waals surface area contributed by atoms with Crippen LogP contribution in [0.4, 0.5) is 28.7 Å². The number of fused-ring (bicyclic) bond motifs is 7. The number of nitrogens with zero attached hydrogens (tertiary/aromatic N) is 5. The highest BCUT2D eigenvalue weighted by Gasteiger charge is 2.27. The van der Waals surface area contributed by atoms with Gasteiger partial charge in [0, 0.05) is 45.7 Å². The highest BCUT2D eigenvalue weighted by atomic mass is 16.5. The van der Waals surface area contributed by atoms with E-state index in [-0.39, 0.29) is 6.10 Å². The van der Waals surface area contributed by atoms with Gasteiger partial charge in [0.05, 0.1) is 28.1 Å². The van der Waals surface area contributed by atoms with Gasteiger partial charge in [-0.3, -0.25) is 9.80 Å². The second-order valence-electron chi connectivity index (χ2n) is 17.7. The largest absolute Gasteiger partial charge is 0.480 e. The maximum absolute atomic E-state index is 6.40. The molecule has 2 aliphatic heterocycles. The third kappa shape index (κ3) is 6.98. The van der Waals surface area contributed by atoms with Crippen molar-refractivity contribution >= 4 is 50.5 Å². The van der Waals surface area contributed by atoms with E-state index < -0.39 is 0 Å². The lowest BCUT2D eigenvalue weighted by Gasteiger charge is -2.31. The summed E-state index contributed by atoms with van der Waals surface area (Å²) in [5.74, 6) is 4.70. The third-order valence-corrected chi connectivity index (χ3v) is 13.5. The molecule has 0 N–H and O–H groups in total. The van der Waals surface area contributed by atoms with E-state index in [2.05, 4.69) is 154 Å². The molecule has 7 nitrogen and oxygen atoms in total. The van der Waals surface area contributed by atoms with Gasteiger partial charge < -0.3 is 14.0 Å². The first kappa shape index (κ1) is 39.0. The van der Waals surface area contributed by atoms with Gasteiger partial charge in [-0.2, -0.15) is 0 Å². The summed E-state index contributed by atoms with van der Waals surface area (Å²) >= 11 is 0. The van der Waals surface area contributed by atoms with Crippen LogP contribution in [0.2, 0.25) is 0 Å². The summed E-state index contributed by atoms with van der Waals surface area (Å²) in [5, 5.41) is 2.35. The minimum absolute atomic E-state index is 0.163. The molecule has 7 heteroatoms. The van der Waals surface area contributed by atoms with Crippen LogP contribution in [0.1, 0.15) is 24.8 Å². The molecule has 322 valence electrons. The minimum Gasteiger partial charge on any atom is -0.480 e. The first-order chi connectivity index (χ1) is 33.2. The SMILES string of the molecule is C1=CC2=CC(C=C1)Oc1ccccc1N2c1ccc(-c2ccc3c(c2)c2cc(-c4ccc(N5c6ccccc6Oc6ccccc65)nc4)ccc2n3-c2ccc(CC3C=CCCC3)cc2)cn1. The zero-order valence-electron chi connectivity index (χ0n) is 36.7. The smallest absolute Gasteiger partial charge is 0.151 e. The molecule has 9 aromatic rings. The quantitative estimate of drug-likeness (QED) is 0.149. The van der Waals surface area contributed by atoms with Crippen molar-refractivity contribution in [2.24, 2.45) is 5.92 Å². The summed E-state index contributed by atoms with van der Waals surface area (Å²) in [6.45, 7) is 0. The van der Waals surface area contributed by atoms with Gasteiger partial charge in [-0.25, -0.2) is 9.97 Å². The van der Waals surface area contributed by atoms with Gasteiger partial charge in [0.2, 0.25) is 0 Å². The second kappa shape index (κ2) is 16.2. The molecule has 0 saturated heterocycles. The number of aromatic nitrogens is 3. The van der Waals surface area contributed by atoms with E-state index in [4.69, 9.17) is 19.4 Å². The lowest BCUT2D eigenvalue weighted by Crippen LogP contribution is -2.16. The van der Waals surface area contributed by atoms with E-state index in [1.165, 1.54) is 35.6 Å². The van der Waals surface area contributed by atoms with Crippen molar-refractivity contribution in [1.29, 1.82) is 0 Å². The molecule has 67 heavy (non-hydrogen) atoms. The van der Waals surface area contributed by atoms with Gasteiger partial charge >= 0.3 is 0 Å². The summed E-state index contributed by atoms with van der Waals surface area (Å²) < 4.78 is 15.1. The Morgan fingerprint density at radius 3 is 1.76 bits per heavy atom. The molecule has 2 aliphatic carbocycles. The summed E-state index contributed by atoms with van der Waals surface area (Å²) in [6, 6.07) is 55.8. The second-order valence-corrected chi connectivity index (χ2v) is 17.7. The van der Waals surface area contributed by atoms with E-state index in [1.807, 2.05) is 73.1 Å². The van der Waals surface area contributed by atoms with Crippen molar-refractivity contribution in [1.82, 2.24) is 14.5 Å². The van der Waals surface area contributed by atoms with Gasteiger partial charge in [0.25, 0.3) is 0 Å². The molecule has 2 unspecified atom stereocenters. The maximum Gasteiger partial charge on any atom is 0.151 e. The molecular weight excluding hydrogens is 823 g/mol. The molecule has 2 atom stereocenters. The van der Waals surface area contributed by atoms with Gasteiger partial charge in [0.1, 0.15) is 23.5 Å². The molecule has 0 saturated carbocycles. The highest BCUT2D eigenvalue weighted by Crippen LogP contribution is 2.50. The van der Waals surface area contributed by atoms with Gasteiger partial charge in [0.15, 0.2) is 11.5 Å². The van der Waals surface area contributed by atoms with E-state index in [9.17, 15) is 0 Å². The lowest BCUT2D eigenvalue weighted by atomic mass is 9.90. The molecule has 2 bridgehead atoms. The zero-order chi connectivity index (χ0) is 44.3. The number of hydrogen-bond acceptors (Lipinski definition) is 6. The number of benzene rings is 6. The summed E-state index contributed by atoms with van der Waals surface area (Å²) in [7, 11) is 0. The molecule has 0 amide bonds. The summed E-state index contributed by atoms with van der Waals surface area (Å²) in [4.78, 5) is 14.6. The molecule has 5 heterocycles. The Balaban J connectivity index is 0.890. The standard InChI is InChI=1S/C60H45N5O2/c1-2-12-40(13-3-1)34-41-22-28-46(29-23-41)63-51-30-24-42(44-26-32-59(61-38-44)64-47-14-4-5-15-48(37-47)66-56-19-9-6-16-53(56)64)35-49(51)50-36-43(25-31-52(50)63)45-27-33-60(62-39-45)65-54-17-7-10-20-57(54)67-58-21-11-8-18-55(58)65/h2,4-12,14-33,35-40,48H,1,3,13,34H2. The van der Waals surface area contributed by atoms with Crippen LogP contribution in [0.3, 0.4) is 0 Å². The number of hydrogen-bond donors (Lipinski definition) is 0. The van der Waals surface area contributed by atoms with Crippen LogP contribution in [0.15, 0.2) is 218 Å². The average molecular weight is 868 g/mol. The maximum atomic E-state index is 6.40. The number of ether oxygens (including phenoxy) is 2. The van der Waals surface area contributed by atoms with E-state index in [0.717, 1.165) is 97.0 Å². The fourth-order valence-corrected chi connectivity index (χ4v) is 10.2. The molecule has 0 fully saturated rings. The Kier molecular flexibility index (Phi) is 9.44. The van der Waals surface area contributed by atoms with Crippen LogP contribution in [-0.2, 0) is 6.42 Å². The topological polar surface area (TPSA) is 55.6 Å². The molecule has 3 aromatic heterocycles. The van der Waals surface area contributed by atoms with Crippen LogP contribution in [0, 0.1) is 5.92 Å². The average Bonchev–Trinajstić information content (AvgIpc) is 3.47. The predicted octanol–water partition coefficient (Wildman–Crippen LogP) is 15.3. The van der Waals surface area contributed by atoms with Crippen molar-refractivity contribution in [2.45, 2.75) is 31.8 Å². The summed E-state index contributed by atoms with van der Waals surface area (Å²) in [5.41, 5.74) is 13.0. The molecule has 6 aromatic carbocycles. The van der Waals surface area contributed by atoms with Gasteiger partial charge in [-0.1, -0.05) is 85.0 Å². The predicted molar refractivity (Wildman–Crippen MR) is 272 cm³/mol. The first-order valence-corrected chi connectivity index (χ1v) is 23.2. The number of rotatable bonds is 7. The Morgan fingerprint density at radius 1 is 0.552 bits per heavy atom. The van der Waals surface area contributed by atoms with Crippen molar-refractivity contribution in [2.75, 3.05) is 9.80 Å². The number of allylic oxidation sites excluding steroid dienone is 5. The normalized spacial score (nSPS) is 16.9. The van der Waals surface area contributed by atoms with Crippen molar-refractivity contribution in [3.8, 4) is 45.2 Å². The Bertz CT molecular complexity index is 3450. The number of anilines is 5. The fourth-order valence-electron chi connectivity index (χ4n) is 10.2. The van der Waals surface area contributed by atoms with Crippen LogP contribution in [0.5, 0.6) is 17.2 Å². The van der Waals surface area contributed by atoms with Crippen molar-refractivity contribution < 1.29 is 9.47 Å². The minimum atomic E-state index is -0.163. The van der Waals surface area contributed by atoms with Crippen LogP contribution in [-0.4, -0.2) is 20.6 Å². The Hall–Kier alpha value is -8.42. The number of pyridine rings is 2.